The van der Waals surface area contributed by atoms with E-state index in [1.165, 1.54) is 18.4 Å². The van der Waals surface area contributed by atoms with Gasteiger partial charge in [-0.1, -0.05) is 6.07 Å². The van der Waals surface area contributed by atoms with Crippen LogP contribution in [0.2, 0.25) is 0 Å². The molecule has 2 saturated heterocycles. The van der Waals surface area contributed by atoms with Crippen molar-refractivity contribution in [2.45, 2.75) is 32.2 Å². The standard InChI is InChI=1S/C23H26N4O5S2/c1-14-20-17(22(28)26-8-5-15(6-9-26)23(29)32-2)12-18(19-4-3-10-33-19)24-21(20)27(25-14)16-7-11-34(30,31)13-16/h3-4,10,12,15-16H,5-9,11,13H2,1-2H3. The van der Waals surface area contributed by atoms with Gasteiger partial charge < -0.3 is 9.64 Å². The number of aromatic nitrogens is 3. The second-order valence-electron chi connectivity index (χ2n) is 8.91. The number of hydrogen-bond donors (Lipinski definition) is 0. The Morgan fingerprint density at radius 3 is 2.59 bits per heavy atom. The SMILES string of the molecule is COC(=O)C1CCN(C(=O)c2cc(-c3cccs3)nc3c2c(C)nn3C2CCS(=O)(=O)C2)CC1. The monoisotopic (exact) mass is 502 g/mol. The third-order valence-corrected chi connectivity index (χ3v) is 9.35. The first kappa shape index (κ1) is 23.0. The van der Waals surface area contributed by atoms with E-state index in [2.05, 4.69) is 5.10 Å². The van der Waals surface area contributed by atoms with E-state index in [-0.39, 0.29) is 35.3 Å². The smallest absolute Gasteiger partial charge is 0.308 e. The van der Waals surface area contributed by atoms with Crippen LogP contribution in [-0.2, 0) is 19.4 Å². The van der Waals surface area contributed by atoms with Gasteiger partial charge in [-0.05, 0) is 43.7 Å². The number of carbonyl (C=O) groups is 2. The van der Waals surface area contributed by atoms with Gasteiger partial charge >= 0.3 is 5.97 Å². The average molecular weight is 503 g/mol. The van der Waals surface area contributed by atoms with Crippen LogP contribution in [0.1, 0.15) is 41.4 Å². The van der Waals surface area contributed by atoms with Crippen molar-refractivity contribution < 1.29 is 22.7 Å². The van der Waals surface area contributed by atoms with Crippen LogP contribution in [0.15, 0.2) is 23.6 Å². The van der Waals surface area contributed by atoms with Crippen molar-refractivity contribution in [1.29, 1.82) is 0 Å². The van der Waals surface area contributed by atoms with Crippen LogP contribution in [0.25, 0.3) is 21.6 Å². The first-order valence-corrected chi connectivity index (χ1v) is 14.0. The van der Waals surface area contributed by atoms with Crippen LogP contribution in [0.4, 0.5) is 0 Å². The summed E-state index contributed by atoms with van der Waals surface area (Å²) >= 11 is 1.53. The molecule has 0 bridgehead atoms. The summed E-state index contributed by atoms with van der Waals surface area (Å²) in [6.45, 7) is 2.75. The van der Waals surface area contributed by atoms with Crippen molar-refractivity contribution in [1.82, 2.24) is 19.7 Å². The summed E-state index contributed by atoms with van der Waals surface area (Å²) in [4.78, 5) is 33.2. The summed E-state index contributed by atoms with van der Waals surface area (Å²) in [5, 5.41) is 7.26. The Morgan fingerprint density at radius 2 is 1.97 bits per heavy atom. The normalized spacial score (nSPS) is 20.6. The number of fused-ring (bicyclic) bond motifs is 1. The number of ether oxygens (including phenoxy) is 1. The number of methoxy groups -OCH3 is 1. The molecule has 2 aliphatic rings. The number of piperidine rings is 1. The second kappa shape index (κ2) is 8.77. The van der Waals surface area contributed by atoms with E-state index >= 15 is 0 Å². The summed E-state index contributed by atoms with van der Waals surface area (Å²) < 4.78 is 30.8. The molecule has 0 saturated carbocycles. The lowest BCUT2D eigenvalue weighted by molar-refractivity contribution is -0.146. The zero-order valence-electron chi connectivity index (χ0n) is 19.1. The van der Waals surface area contributed by atoms with Crippen molar-refractivity contribution in [3.8, 4) is 10.6 Å². The van der Waals surface area contributed by atoms with Gasteiger partial charge in [0.1, 0.15) is 0 Å². The van der Waals surface area contributed by atoms with E-state index in [4.69, 9.17) is 9.72 Å². The van der Waals surface area contributed by atoms with Crippen LogP contribution in [-0.4, -0.2) is 71.7 Å². The Bertz CT molecular complexity index is 1360. The number of pyridine rings is 1. The highest BCUT2D eigenvalue weighted by atomic mass is 32.2. The van der Waals surface area contributed by atoms with Crippen LogP contribution < -0.4 is 0 Å². The van der Waals surface area contributed by atoms with E-state index in [9.17, 15) is 18.0 Å². The molecule has 0 aliphatic carbocycles. The number of rotatable bonds is 4. The van der Waals surface area contributed by atoms with E-state index < -0.39 is 9.84 Å². The Kier molecular flexibility index (Phi) is 5.93. The highest BCUT2D eigenvalue weighted by Gasteiger charge is 2.34. The molecule has 0 N–H and O–H groups in total. The van der Waals surface area contributed by atoms with E-state index in [0.29, 0.717) is 60.3 Å². The molecule has 1 amide bonds. The van der Waals surface area contributed by atoms with E-state index in [1.807, 2.05) is 30.5 Å². The molecule has 2 aliphatic heterocycles. The molecule has 5 heterocycles. The minimum atomic E-state index is -3.11. The summed E-state index contributed by atoms with van der Waals surface area (Å²) in [5.74, 6) is -0.401. The Balaban J connectivity index is 1.57. The van der Waals surface area contributed by atoms with Gasteiger partial charge in [-0.2, -0.15) is 5.10 Å². The topological polar surface area (TPSA) is 111 Å². The molecule has 3 aromatic rings. The number of thiophene rings is 1. The molecule has 1 atom stereocenters. The van der Waals surface area contributed by atoms with Crippen molar-refractivity contribution in [3.05, 3.63) is 34.8 Å². The molecule has 9 nitrogen and oxygen atoms in total. The fraction of sp³-hybridized carbons (Fsp3) is 0.478. The molecule has 0 aromatic carbocycles. The maximum atomic E-state index is 13.7. The second-order valence-corrected chi connectivity index (χ2v) is 12.1. The first-order chi connectivity index (χ1) is 16.3. The largest absolute Gasteiger partial charge is 0.469 e. The number of hydrogen-bond acceptors (Lipinski definition) is 8. The number of aryl methyl sites for hydroxylation is 1. The van der Waals surface area contributed by atoms with Crippen molar-refractivity contribution >= 4 is 44.1 Å². The van der Waals surface area contributed by atoms with Gasteiger partial charge in [0.2, 0.25) is 0 Å². The third-order valence-electron chi connectivity index (χ3n) is 6.71. The van der Waals surface area contributed by atoms with Gasteiger partial charge in [0.25, 0.3) is 5.91 Å². The number of carbonyl (C=O) groups excluding carboxylic acids is 2. The summed E-state index contributed by atoms with van der Waals surface area (Å²) in [7, 11) is -1.73. The Hall–Kier alpha value is -2.79. The molecular formula is C23H26N4O5S2. The summed E-state index contributed by atoms with van der Waals surface area (Å²) in [5.41, 5.74) is 2.36. The van der Waals surface area contributed by atoms with E-state index in [0.717, 1.165) is 4.88 Å². The maximum absolute atomic E-state index is 13.7. The van der Waals surface area contributed by atoms with Gasteiger partial charge in [-0.3, -0.25) is 9.59 Å². The molecule has 11 heteroatoms. The minimum absolute atomic E-state index is 0.0262. The van der Waals surface area contributed by atoms with Crippen LogP contribution in [0.3, 0.4) is 0 Å². The lowest BCUT2D eigenvalue weighted by Gasteiger charge is -2.31. The van der Waals surface area contributed by atoms with Gasteiger partial charge in [0.05, 0.1) is 57.8 Å². The molecule has 5 rings (SSSR count). The van der Waals surface area contributed by atoms with Gasteiger partial charge in [0, 0.05) is 13.1 Å². The van der Waals surface area contributed by atoms with E-state index in [1.54, 1.807) is 9.58 Å². The molecular weight excluding hydrogens is 476 g/mol. The Morgan fingerprint density at radius 1 is 1.21 bits per heavy atom. The lowest BCUT2D eigenvalue weighted by Crippen LogP contribution is -2.40. The van der Waals surface area contributed by atoms with Crippen LogP contribution in [0.5, 0.6) is 0 Å². The minimum Gasteiger partial charge on any atom is -0.469 e. The summed E-state index contributed by atoms with van der Waals surface area (Å²) in [6, 6.07) is 5.39. The Labute approximate surface area is 201 Å². The number of amides is 1. The number of esters is 1. The predicted molar refractivity (Wildman–Crippen MR) is 129 cm³/mol. The van der Waals surface area contributed by atoms with Gasteiger partial charge in [-0.15, -0.1) is 11.3 Å². The molecule has 0 radical (unpaired) electrons. The van der Waals surface area contributed by atoms with Gasteiger partial charge in [0.15, 0.2) is 15.5 Å². The zero-order chi connectivity index (χ0) is 24.0. The van der Waals surface area contributed by atoms with Crippen molar-refractivity contribution in [3.63, 3.8) is 0 Å². The molecule has 34 heavy (non-hydrogen) atoms. The van der Waals surface area contributed by atoms with Gasteiger partial charge in [-0.25, -0.2) is 18.1 Å². The quantitative estimate of drug-likeness (QED) is 0.504. The summed E-state index contributed by atoms with van der Waals surface area (Å²) in [6.07, 6.45) is 1.60. The number of nitrogens with zero attached hydrogens (tertiary/aromatic N) is 4. The average Bonchev–Trinajstić information content (AvgIpc) is 3.57. The molecule has 180 valence electrons. The molecule has 1 unspecified atom stereocenters. The molecule has 0 spiro atoms. The first-order valence-electron chi connectivity index (χ1n) is 11.3. The molecule has 3 aromatic heterocycles. The highest BCUT2D eigenvalue weighted by Crippen LogP contribution is 2.34. The number of likely N-dealkylation sites (tertiary alicyclic amines) is 1. The maximum Gasteiger partial charge on any atom is 0.308 e. The highest BCUT2D eigenvalue weighted by molar-refractivity contribution is 7.91. The molecule has 2 fully saturated rings. The van der Waals surface area contributed by atoms with Crippen molar-refractivity contribution in [2.75, 3.05) is 31.7 Å². The lowest BCUT2D eigenvalue weighted by atomic mass is 9.96. The number of sulfone groups is 1. The predicted octanol–water partition coefficient (Wildman–Crippen LogP) is 2.85. The van der Waals surface area contributed by atoms with Crippen LogP contribution in [0, 0.1) is 12.8 Å². The third kappa shape index (κ3) is 4.11. The zero-order valence-corrected chi connectivity index (χ0v) is 20.7. The fourth-order valence-corrected chi connectivity index (χ4v) is 7.29. The van der Waals surface area contributed by atoms with Crippen molar-refractivity contribution in [2.24, 2.45) is 5.92 Å². The van der Waals surface area contributed by atoms with Crippen LogP contribution >= 0.6 is 11.3 Å². The fourth-order valence-electron chi connectivity index (χ4n) is 4.91.